The van der Waals surface area contributed by atoms with Crippen LogP contribution in [0.2, 0.25) is 0 Å². The minimum absolute atomic E-state index is 0.480. The molecule has 0 spiro atoms. The topological polar surface area (TPSA) is 57.2 Å². The first-order valence-electron chi connectivity index (χ1n) is 4.68. The standard InChI is InChI=1S/C11H16O5/c1-13-8-5-7(11(12)16-4)6-9(14-2)10(8)15-3/h5-6,11-12H,1-4H3. The van der Waals surface area contributed by atoms with Gasteiger partial charge >= 0.3 is 0 Å². The third-order valence-corrected chi connectivity index (χ3v) is 2.20. The second-order valence-corrected chi connectivity index (χ2v) is 3.05. The van der Waals surface area contributed by atoms with Gasteiger partial charge < -0.3 is 24.1 Å². The molecule has 0 saturated heterocycles. The molecule has 0 fully saturated rings. The average Bonchev–Trinajstić information content (AvgIpc) is 2.35. The van der Waals surface area contributed by atoms with E-state index in [2.05, 4.69) is 0 Å². The number of methoxy groups -OCH3 is 4. The van der Waals surface area contributed by atoms with Crippen LogP contribution in [0.3, 0.4) is 0 Å². The van der Waals surface area contributed by atoms with Crippen LogP contribution in [0.1, 0.15) is 11.9 Å². The molecule has 1 rings (SSSR count). The molecule has 0 aliphatic rings. The molecule has 0 aliphatic carbocycles. The quantitative estimate of drug-likeness (QED) is 0.771. The summed E-state index contributed by atoms with van der Waals surface area (Å²) in [6.45, 7) is 0. The van der Waals surface area contributed by atoms with Crippen LogP contribution in [0.25, 0.3) is 0 Å². The van der Waals surface area contributed by atoms with Crippen molar-refractivity contribution in [3.63, 3.8) is 0 Å². The fourth-order valence-corrected chi connectivity index (χ4v) is 1.38. The predicted molar refractivity (Wildman–Crippen MR) is 58.1 cm³/mol. The van der Waals surface area contributed by atoms with Crippen LogP contribution in [0, 0.1) is 0 Å². The Bertz CT molecular complexity index is 325. The van der Waals surface area contributed by atoms with Crippen LogP contribution in [-0.2, 0) is 4.74 Å². The number of hydrogen-bond donors (Lipinski definition) is 1. The molecule has 5 heteroatoms. The van der Waals surface area contributed by atoms with Crippen molar-refractivity contribution in [2.45, 2.75) is 6.29 Å². The highest BCUT2D eigenvalue weighted by Gasteiger charge is 2.16. The normalized spacial score (nSPS) is 12.1. The molecular formula is C11H16O5. The van der Waals surface area contributed by atoms with Gasteiger partial charge in [0.05, 0.1) is 21.3 Å². The molecule has 1 aromatic rings. The first-order chi connectivity index (χ1) is 7.67. The highest BCUT2D eigenvalue weighted by atomic mass is 16.6. The summed E-state index contributed by atoms with van der Waals surface area (Å²) in [5.41, 5.74) is 0.539. The Balaban J connectivity index is 3.25. The number of rotatable bonds is 5. The second kappa shape index (κ2) is 5.58. The maximum atomic E-state index is 9.56. The Kier molecular flexibility index (Phi) is 4.39. The van der Waals surface area contributed by atoms with Crippen molar-refractivity contribution < 1.29 is 24.1 Å². The first kappa shape index (κ1) is 12.6. The summed E-state index contributed by atoms with van der Waals surface area (Å²) in [5.74, 6) is 1.44. The van der Waals surface area contributed by atoms with Gasteiger partial charge in [0.1, 0.15) is 0 Å². The Hall–Kier alpha value is -1.46. The molecule has 1 atom stereocenters. The molecule has 0 radical (unpaired) electrons. The molecule has 16 heavy (non-hydrogen) atoms. The fourth-order valence-electron chi connectivity index (χ4n) is 1.38. The minimum atomic E-state index is -1.02. The summed E-state index contributed by atoms with van der Waals surface area (Å²) < 4.78 is 20.3. The number of aliphatic hydroxyl groups excluding tert-OH is 1. The van der Waals surface area contributed by atoms with Gasteiger partial charge in [0.25, 0.3) is 0 Å². The highest BCUT2D eigenvalue weighted by Crippen LogP contribution is 2.39. The van der Waals surface area contributed by atoms with E-state index >= 15 is 0 Å². The molecule has 0 heterocycles. The van der Waals surface area contributed by atoms with E-state index < -0.39 is 6.29 Å². The van der Waals surface area contributed by atoms with Gasteiger partial charge in [0, 0.05) is 12.7 Å². The predicted octanol–water partition coefficient (Wildman–Crippen LogP) is 1.35. The van der Waals surface area contributed by atoms with Gasteiger partial charge in [-0.2, -0.15) is 0 Å². The van der Waals surface area contributed by atoms with Crippen molar-refractivity contribution in [2.75, 3.05) is 28.4 Å². The van der Waals surface area contributed by atoms with Crippen molar-refractivity contribution in [2.24, 2.45) is 0 Å². The van der Waals surface area contributed by atoms with Gasteiger partial charge in [0.15, 0.2) is 17.8 Å². The molecule has 0 bridgehead atoms. The van der Waals surface area contributed by atoms with Crippen LogP contribution >= 0.6 is 0 Å². The molecule has 0 aliphatic heterocycles. The summed E-state index contributed by atoms with van der Waals surface area (Å²) in [5, 5.41) is 9.56. The van der Waals surface area contributed by atoms with Gasteiger partial charge in [-0.1, -0.05) is 0 Å². The first-order valence-corrected chi connectivity index (χ1v) is 4.68. The zero-order chi connectivity index (χ0) is 12.1. The third-order valence-electron chi connectivity index (χ3n) is 2.20. The molecule has 0 amide bonds. The van der Waals surface area contributed by atoms with Crippen molar-refractivity contribution >= 4 is 0 Å². The molecule has 0 saturated carbocycles. The number of aliphatic hydroxyl groups is 1. The van der Waals surface area contributed by atoms with Gasteiger partial charge in [-0.05, 0) is 12.1 Å². The lowest BCUT2D eigenvalue weighted by molar-refractivity contribution is -0.0771. The van der Waals surface area contributed by atoms with Gasteiger partial charge in [0.2, 0.25) is 5.75 Å². The largest absolute Gasteiger partial charge is 0.493 e. The van der Waals surface area contributed by atoms with E-state index in [0.29, 0.717) is 22.8 Å². The van der Waals surface area contributed by atoms with Crippen LogP contribution in [-0.4, -0.2) is 33.5 Å². The Morgan fingerprint density at radius 2 is 1.44 bits per heavy atom. The number of benzene rings is 1. The van der Waals surface area contributed by atoms with E-state index in [1.807, 2.05) is 0 Å². The SMILES string of the molecule is COc1cc(C(O)OC)cc(OC)c1OC. The average molecular weight is 228 g/mol. The van der Waals surface area contributed by atoms with Crippen LogP contribution in [0.5, 0.6) is 17.2 Å². The molecule has 1 unspecified atom stereocenters. The van der Waals surface area contributed by atoms with E-state index in [4.69, 9.17) is 18.9 Å². The van der Waals surface area contributed by atoms with Crippen molar-refractivity contribution in [1.29, 1.82) is 0 Å². The van der Waals surface area contributed by atoms with Crippen molar-refractivity contribution in [1.82, 2.24) is 0 Å². The van der Waals surface area contributed by atoms with Gasteiger partial charge in [-0.25, -0.2) is 0 Å². The summed E-state index contributed by atoms with van der Waals surface area (Å²) in [7, 11) is 5.96. The second-order valence-electron chi connectivity index (χ2n) is 3.05. The fraction of sp³-hybridized carbons (Fsp3) is 0.455. The monoisotopic (exact) mass is 228 g/mol. The summed E-state index contributed by atoms with van der Waals surface area (Å²) in [6.07, 6.45) is -1.02. The minimum Gasteiger partial charge on any atom is -0.493 e. The lowest BCUT2D eigenvalue weighted by Crippen LogP contribution is -2.02. The molecule has 5 nitrogen and oxygen atoms in total. The zero-order valence-electron chi connectivity index (χ0n) is 9.81. The van der Waals surface area contributed by atoms with Crippen molar-refractivity contribution in [3.05, 3.63) is 17.7 Å². The zero-order valence-corrected chi connectivity index (χ0v) is 9.81. The maximum absolute atomic E-state index is 9.56. The van der Waals surface area contributed by atoms with E-state index in [1.54, 1.807) is 12.1 Å². The van der Waals surface area contributed by atoms with E-state index in [0.717, 1.165) is 0 Å². The van der Waals surface area contributed by atoms with Crippen molar-refractivity contribution in [3.8, 4) is 17.2 Å². The number of hydrogen-bond acceptors (Lipinski definition) is 5. The smallest absolute Gasteiger partial charge is 0.203 e. The molecule has 1 N–H and O–H groups in total. The third kappa shape index (κ3) is 2.37. The molecule has 1 aromatic carbocycles. The van der Waals surface area contributed by atoms with E-state index in [1.165, 1.54) is 28.4 Å². The van der Waals surface area contributed by atoms with Crippen LogP contribution in [0.4, 0.5) is 0 Å². The highest BCUT2D eigenvalue weighted by molar-refractivity contribution is 5.54. The molecular weight excluding hydrogens is 212 g/mol. The Morgan fingerprint density at radius 3 is 1.75 bits per heavy atom. The summed E-state index contributed by atoms with van der Waals surface area (Å²) in [4.78, 5) is 0. The summed E-state index contributed by atoms with van der Waals surface area (Å²) >= 11 is 0. The van der Waals surface area contributed by atoms with Crippen LogP contribution in [0.15, 0.2) is 12.1 Å². The number of ether oxygens (including phenoxy) is 4. The Labute approximate surface area is 94.5 Å². The Morgan fingerprint density at radius 1 is 0.938 bits per heavy atom. The molecule has 90 valence electrons. The van der Waals surface area contributed by atoms with Gasteiger partial charge in [-0.3, -0.25) is 0 Å². The lowest BCUT2D eigenvalue weighted by atomic mass is 10.1. The van der Waals surface area contributed by atoms with Crippen LogP contribution < -0.4 is 14.2 Å². The van der Waals surface area contributed by atoms with E-state index in [-0.39, 0.29) is 0 Å². The van der Waals surface area contributed by atoms with Gasteiger partial charge in [-0.15, -0.1) is 0 Å². The van der Waals surface area contributed by atoms with E-state index in [9.17, 15) is 5.11 Å². The summed E-state index contributed by atoms with van der Waals surface area (Å²) in [6, 6.07) is 3.27. The lowest BCUT2D eigenvalue weighted by Gasteiger charge is -2.16. The molecule has 0 aromatic heterocycles. The maximum Gasteiger partial charge on any atom is 0.203 e.